The summed E-state index contributed by atoms with van der Waals surface area (Å²) in [5.41, 5.74) is 0. The summed E-state index contributed by atoms with van der Waals surface area (Å²) in [7, 11) is -2.26. The molecule has 0 saturated carbocycles. The maximum absolute atomic E-state index is 9.94. The van der Waals surface area contributed by atoms with Crippen LogP contribution in [-0.4, -0.2) is 26.9 Å². The lowest BCUT2D eigenvalue weighted by atomic mass is 10.5. The molecule has 0 aliphatic heterocycles. The molecule has 56 valence electrons. The van der Waals surface area contributed by atoms with Crippen molar-refractivity contribution in [1.82, 2.24) is 0 Å². The van der Waals surface area contributed by atoms with Crippen LogP contribution in [0.5, 0.6) is 0 Å². The van der Waals surface area contributed by atoms with E-state index in [2.05, 4.69) is 0 Å². The van der Waals surface area contributed by atoms with Crippen molar-refractivity contribution in [1.29, 1.82) is 0 Å². The summed E-state index contributed by atoms with van der Waals surface area (Å²) in [4.78, 5) is 0. The van der Waals surface area contributed by atoms with Crippen LogP contribution >= 0.6 is 0 Å². The molecular weight excluding hydrogens is 140 g/mol. The minimum atomic E-state index is -2.26. The van der Waals surface area contributed by atoms with Crippen LogP contribution in [0.15, 0.2) is 0 Å². The Bertz CT molecular complexity index is 120. The van der Waals surface area contributed by atoms with Gasteiger partial charge in [-0.15, -0.1) is 0 Å². The van der Waals surface area contributed by atoms with E-state index < -0.39 is 10.7 Å². The molecule has 0 saturated heterocycles. The SMILES string of the molecule is CC(C)OCC[SH](=O)=O. The molecule has 0 fully saturated rings. The van der Waals surface area contributed by atoms with Crippen LogP contribution in [0.3, 0.4) is 0 Å². The molecule has 0 radical (unpaired) electrons. The first kappa shape index (κ1) is 8.91. The van der Waals surface area contributed by atoms with Crippen LogP contribution < -0.4 is 0 Å². The summed E-state index contributed by atoms with van der Waals surface area (Å²) in [5.74, 6) is 0.132. The fourth-order valence-corrected chi connectivity index (χ4v) is 0.617. The van der Waals surface area contributed by atoms with Crippen molar-refractivity contribution >= 4 is 10.7 Å². The molecule has 0 rings (SSSR count). The maximum Gasteiger partial charge on any atom is 0.142 e. The van der Waals surface area contributed by atoms with E-state index in [1.54, 1.807) is 0 Å². The third kappa shape index (κ3) is 7.91. The smallest absolute Gasteiger partial charge is 0.142 e. The summed E-state index contributed by atoms with van der Waals surface area (Å²) in [6.07, 6.45) is 0.125. The van der Waals surface area contributed by atoms with E-state index in [9.17, 15) is 8.42 Å². The first-order valence-corrected chi connectivity index (χ1v) is 4.22. The quantitative estimate of drug-likeness (QED) is 0.578. The van der Waals surface area contributed by atoms with Gasteiger partial charge in [-0.05, 0) is 13.8 Å². The van der Waals surface area contributed by atoms with Gasteiger partial charge in [-0.2, -0.15) is 0 Å². The van der Waals surface area contributed by atoms with E-state index in [4.69, 9.17) is 4.74 Å². The highest BCUT2D eigenvalue weighted by atomic mass is 32.2. The Hall–Kier alpha value is -0.0900. The van der Waals surface area contributed by atoms with Gasteiger partial charge in [0.1, 0.15) is 10.7 Å². The second-order valence-corrected chi connectivity index (χ2v) is 3.09. The third-order valence-electron chi connectivity index (χ3n) is 0.725. The lowest BCUT2D eigenvalue weighted by Gasteiger charge is -2.02. The number of ether oxygens (including phenoxy) is 1. The highest BCUT2D eigenvalue weighted by molar-refractivity contribution is 7.72. The van der Waals surface area contributed by atoms with Crippen molar-refractivity contribution in [2.24, 2.45) is 0 Å². The summed E-state index contributed by atoms with van der Waals surface area (Å²) in [6, 6.07) is 0. The zero-order valence-electron chi connectivity index (χ0n) is 5.66. The normalized spacial score (nSPS) is 11.1. The van der Waals surface area contributed by atoms with Crippen LogP contribution in [0.1, 0.15) is 13.8 Å². The van der Waals surface area contributed by atoms with E-state index in [0.29, 0.717) is 6.61 Å². The Morgan fingerprint density at radius 3 is 2.33 bits per heavy atom. The van der Waals surface area contributed by atoms with Crippen molar-refractivity contribution in [3.05, 3.63) is 0 Å². The lowest BCUT2D eigenvalue weighted by Crippen LogP contribution is -2.07. The van der Waals surface area contributed by atoms with Crippen molar-refractivity contribution in [2.75, 3.05) is 12.4 Å². The molecule has 0 N–H and O–H groups in total. The standard InChI is InChI=1S/C5H12O3S/c1-5(2)8-3-4-9(6)7/h5,9H,3-4H2,1-2H3. The molecule has 0 bridgehead atoms. The lowest BCUT2D eigenvalue weighted by molar-refractivity contribution is 0.0915. The highest BCUT2D eigenvalue weighted by Crippen LogP contribution is 1.85. The second kappa shape index (κ2) is 4.76. The summed E-state index contributed by atoms with van der Waals surface area (Å²) in [6.45, 7) is 4.06. The molecule has 0 aliphatic carbocycles. The van der Waals surface area contributed by atoms with Gasteiger partial charge < -0.3 is 4.74 Å². The van der Waals surface area contributed by atoms with Crippen LogP contribution in [-0.2, 0) is 15.4 Å². The Kier molecular flexibility index (Phi) is 4.71. The van der Waals surface area contributed by atoms with Gasteiger partial charge >= 0.3 is 0 Å². The van der Waals surface area contributed by atoms with Gasteiger partial charge in [-0.1, -0.05) is 0 Å². The fraction of sp³-hybridized carbons (Fsp3) is 1.00. The van der Waals surface area contributed by atoms with E-state index in [0.717, 1.165) is 0 Å². The predicted molar refractivity (Wildman–Crippen MR) is 36.3 cm³/mol. The van der Waals surface area contributed by atoms with Gasteiger partial charge in [-0.3, -0.25) is 0 Å². The molecule has 0 unspecified atom stereocenters. The highest BCUT2D eigenvalue weighted by Gasteiger charge is 1.92. The second-order valence-electron chi connectivity index (χ2n) is 1.98. The van der Waals surface area contributed by atoms with Gasteiger partial charge in [0.05, 0.1) is 18.5 Å². The summed E-state index contributed by atoms with van der Waals surface area (Å²) >= 11 is 0. The average Bonchev–Trinajstić information content (AvgIpc) is 1.63. The van der Waals surface area contributed by atoms with E-state index in [-0.39, 0.29) is 11.9 Å². The Balaban J connectivity index is 3.10. The zero-order chi connectivity index (χ0) is 7.28. The number of thiol groups is 1. The van der Waals surface area contributed by atoms with Crippen LogP contribution in [0.4, 0.5) is 0 Å². The van der Waals surface area contributed by atoms with Crippen LogP contribution in [0, 0.1) is 0 Å². The van der Waals surface area contributed by atoms with Crippen molar-refractivity contribution < 1.29 is 13.2 Å². The molecule has 0 atom stereocenters. The molecule has 0 aromatic heterocycles. The Morgan fingerprint density at radius 1 is 1.44 bits per heavy atom. The minimum absolute atomic E-state index is 0.125. The van der Waals surface area contributed by atoms with Crippen molar-refractivity contribution in [2.45, 2.75) is 20.0 Å². The zero-order valence-corrected chi connectivity index (χ0v) is 6.56. The molecule has 0 aromatic rings. The predicted octanol–water partition coefficient (Wildman–Crippen LogP) is 0.0228. The number of rotatable bonds is 4. The molecule has 0 spiro atoms. The molecule has 9 heavy (non-hydrogen) atoms. The summed E-state index contributed by atoms with van der Waals surface area (Å²) < 4.78 is 24.8. The van der Waals surface area contributed by atoms with Crippen LogP contribution in [0.25, 0.3) is 0 Å². The average molecular weight is 152 g/mol. The van der Waals surface area contributed by atoms with Gasteiger partial charge in [0.15, 0.2) is 0 Å². The monoisotopic (exact) mass is 152 g/mol. The molecular formula is C5H12O3S. The first-order chi connectivity index (χ1) is 4.13. The first-order valence-electron chi connectivity index (χ1n) is 2.86. The maximum atomic E-state index is 9.94. The number of hydrogen-bond donors (Lipinski definition) is 1. The number of hydrogen-bond acceptors (Lipinski definition) is 3. The fourth-order valence-electron chi connectivity index (χ4n) is 0.363. The summed E-state index contributed by atoms with van der Waals surface area (Å²) in [5, 5.41) is 0. The van der Waals surface area contributed by atoms with Gasteiger partial charge in [0.2, 0.25) is 0 Å². The van der Waals surface area contributed by atoms with Crippen molar-refractivity contribution in [3.63, 3.8) is 0 Å². The van der Waals surface area contributed by atoms with E-state index in [1.807, 2.05) is 13.8 Å². The Morgan fingerprint density at radius 2 is 2.00 bits per heavy atom. The molecule has 0 aliphatic rings. The van der Waals surface area contributed by atoms with Gasteiger partial charge in [0, 0.05) is 0 Å². The van der Waals surface area contributed by atoms with E-state index in [1.165, 1.54) is 0 Å². The topological polar surface area (TPSA) is 43.4 Å². The largest absolute Gasteiger partial charge is 0.378 e. The molecule has 0 aromatic carbocycles. The van der Waals surface area contributed by atoms with Crippen LogP contribution in [0.2, 0.25) is 0 Å². The van der Waals surface area contributed by atoms with Gasteiger partial charge in [0.25, 0.3) is 0 Å². The molecule has 3 nitrogen and oxygen atoms in total. The Labute approximate surface area is 57.0 Å². The van der Waals surface area contributed by atoms with Gasteiger partial charge in [-0.25, -0.2) is 8.42 Å². The minimum Gasteiger partial charge on any atom is -0.378 e. The molecule has 0 heterocycles. The third-order valence-corrected chi connectivity index (χ3v) is 1.27. The van der Waals surface area contributed by atoms with Crippen molar-refractivity contribution in [3.8, 4) is 0 Å². The molecule has 0 amide bonds. The molecule has 4 heteroatoms. The van der Waals surface area contributed by atoms with E-state index >= 15 is 0 Å².